The zero-order chi connectivity index (χ0) is 24.4. The first-order chi connectivity index (χ1) is 16.9. The van der Waals surface area contributed by atoms with E-state index in [-0.39, 0.29) is 18.2 Å². The van der Waals surface area contributed by atoms with Crippen LogP contribution in [0, 0.1) is 0 Å². The first-order valence-corrected chi connectivity index (χ1v) is 10.8. The maximum atomic E-state index is 12.4. The normalized spacial score (nSPS) is 15.7. The summed E-state index contributed by atoms with van der Waals surface area (Å²) < 4.78 is 41.0. The molecule has 3 N–H and O–H groups in total. The number of alkyl halides is 3. The van der Waals surface area contributed by atoms with Gasteiger partial charge in [-0.15, -0.1) is 13.2 Å². The molecule has 5 rings (SSSR count). The highest BCUT2D eigenvalue weighted by Gasteiger charge is 2.31. The Morgan fingerprint density at radius 1 is 1.09 bits per heavy atom. The van der Waals surface area contributed by atoms with Crippen molar-refractivity contribution >= 4 is 28.5 Å². The highest BCUT2D eigenvalue weighted by atomic mass is 19.4. The Bertz CT molecular complexity index is 1450. The van der Waals surface area contributed by atoms with Gasteiger partial charge in [-0.25, -0.2) is 0 Å². The molecule has 0 amide bonds. The lowest BCUT2D eigenvalue weighted by molar-refractivity contribution is -0.274. The number of nitrogens with two attached hydrogens (primary N) is 1. The molecule has 3 aromatic carbocycles. The number of fused-ring (bicyclic) bond motifs is 2. The Morgan fingerprint density at radius 3 is 2.69 bits per heavy atom. The molecule has 0 fully saturated rings. The summed E-state index contributed by atoms with van der Waals surface area (Å²) in [7, 11) is 0. The average Bonchev–Trinajstić information content (AvgIpc) is 3.47. The highest BCUT2D eigenvalue weighted by Crippen LogP contribution is 2.37. The number of halogens is 3. The van der Waals surface area contributed by atoms with Crippen LogP contribution >= 0.6 is 0 Å². The van der Waals surface area contributed by atoms with E-state index in [1.807, 2.05) is 30.5 Å². The van der Waals surface area contributed by atoms with Crippen molar-refractivity contribution < 1.29 is 17.9 Å². The minimum absolute atomic E-state index is 0.0121. The van der Waals surface area contributed by atoms with E-state index in [1.165, 1.54) is 18.3 Å². The fourth-order valence-corrected chi connectivity index (χ4v) is 4.03. The summed E-state index contributed by atoms with van der Waals surface area (Å²) in [5.41, 5.74) is 11.9. The summed E-state index contributed by atoms with van der Waals surface area (Å²) in [6.07, 6.45) is 2.09. The van der Waals surface area contributed by atoms with Gasteiger partial charge in [0.2, 0.25) is 0 Å². The molecule has 1 aliphatic rings. The molecule has 0 bridgehead atoms. The van der Waals surface area contributed by atoms with E-state index in [9.17, 15) is 13.2 Å². The maximum Gasteiger partial charge on any atom is 0.573 e. The van der Waals surface area contributed by atoms with E-state index in [4.69, 9.17) is 5.73 Å². The number of aromatic amines is 1. The van der Waals surface area contributed by atoms with Gasteiger partial charge in [-0.1, -0.05) is 30.3 Å². The van der Waals surface area contributed by atoms with Gasteiger partial charge in [0.25, 0.3) is 0 Å². The monoisotopic (exact) mass is 475 g/mol. The van der Waals surface area contributed by atoms with E-state index >= 15 is 0 Å². The molecular formula is C26H20F3N5O. The van der Waals surface area contributed by atoms with Crippen LogP contribution in [0.15, 0.2) is 89.1 Å². The summed E-state index contributed by atoms with van der Waals surface area (Å²) in [4.78, 5) is 9.22. The van der Waals surface area contributed by atoms with Crippen LogP contribution in [0.3, 0.4) is 0 Å². The SMILES string of the molecule is NC=CC(=NCc1ccc(OC(F)(F)F)cc1)c1ccc2c(c1)C(c1ccc3cn[nH]c3c1)C=N2. The van der Waals surface area contributed by atoms with Crippen molar-refractivity contribution in [3.8, 4) is 5.75 Å². The number of rotatable bonds is 6. The van der Waals surface area contributed by atoms with Crippen molar-refractivity contribution in [2.75, 3.05) is 0 Å². The predicted octanol–water partition coefficient (Wildman–Crippen LogP) is 5.77. The molecule has 1 aromatic heterocycles. The van der Waals surface area contributed by atoms with Crippen molar-refractivity contribution in [1.82, 2.24) is 10.2 Å². The number of nitrogens with one attached hydrogen (secondary N) is 1. The van der Waals surface area contributed by atoms with Crippen LogP contribution in [0.1, 0.15) is 28.2 Å². The molecule has 1 atom stereocenters. The fourth-order valence-electron chi connectivity index (χ4n) is 4.03. The quantitative estimate of drug-likeness (QED) is 0.347. The molecule has 9 heteroatoms. The summed E-state index contributed by atoms with van der Waals surface area (Å²) >= 11 is 0. The van der Waals surface area contributed by atoms with Crippen molar-refractivity contribution in [3.05, 3.63) is 101 Å². The molecule has 1 aliphatic heterocycles. The van der Waals surface area contributed by atoms with Crippen molar-refractivity contribution in [2.24, 2.45) is 15.7 Å². The zero-order valence-electron chi connectivity index (χ0n) is 18.3. The Labute approximate surface area is 198 Å². The molecule has 1 unspecified atom stereocenters. The molecule has 6 nitrogen and oxygen atoms in total. The summed E-state index contributed by atoms with van der Waals surface area (Å²) in [5.74, 6) is -0.285. The molecule has 0 saturated heterocycles. The summed E-state index contributed by atoms with van der Waals surface area (Å²) in [5, 5.41) is 8.13. The zero-order valence-corrected chi connectivity index (χ0v) is 18.3. The van der Waals surface area contributed by atoms with Crippen molar-refractivity contribution in [3.63, 3.8) is 0 Å². The third kappa shape index (κ3) is 4.93. The van der Waals surface area contributed by atoms with Crippen LogP contribution in [-0.2, 0) is 6.54 Å². The number of aliphatic imine (C=N–C) groups is 2. The molecule has 176 valence electrons. The lowest BCUT2D eigenvalue weighted by Crippen LogP contribution is -2.17. The Kier molecular flexibility index (Phi) is 5.82. The maximum absolute atomic E-state index is 12.4. The number of allylic oxidation sites excluding steroid dienone is 1. The Hall–Kier alpha value is -4.40. The minimum atomic E-state index is -4.72. The van der Waals surface area contributed by atoms with Crippen LogP contribution in [0.2, 0.25) is 0 Å². The van der Waals surface area contributed by atoms with Crippen LogP contribution in [0.4, 0.5) is 18.9 Å². The van der Waals surface area contributed by atoms with Crippen molar-refractivity contribution in [2.45, 2.75) is 18.8 Å². The number of hydrogen-bond acceptors (Lipinski definition) is 5. The number of aromatic nitrogens is 2. The van der Waals surface area contributed by atoms with Gasteiger partial charge in [-0.2, -0.15) is 5.10 Å². The van der Waals surface area contributed by atoms with Gasteiger partial charge in [-0.3, -0.25) is 15.1 Å². The van der Waals surface area contributed by atoms with Crippen LogP contribution in [-0.4, -0.2) is 28.5 Å². The fraction of sp³-hybridized carbons (Fsp3) is 0.115. The average molecular weight is 475 g/mol. The summed E-state index contributed by atoms with van der Waals surface area (Å²) in [6.45, 7) is 0.263. The van der Waals surface area contributed by atoms with E-state index in [1.54, 1.807) is 24.4 Å². The molecule has 0 aliphatic carbocycles. The number of H-pyrrole nitrogens is 1. The molecule has 4 aromatic rings. The standard InChI is InChI=1S/C26H20F3N5O/c27-26(28,29)35-20-6-1-16(2-7-20)13-31-23(9-10-30)18-5-8-24-21(11-18)22(15-32-24)17-3-4-19-14-33-34-25(19)12-17/h1-12,14-15,22H,13,30H2,(H,33,34). The number of hydrogen-bond donors (Lipinski definition) is 2. The van der Waals surface area contributed by atoms with Gasteiger partial charge in [-0.05, 0) is 59.3 Å². The summed E-state index contributed by atoms with van der Waals surface area (Å²) in [6, 6.07) is 17.7. The first-order valence-electron chi connectivity index (χ1n) is 10.8. The second-order valence-electron chi connectivity index (χ2n) is 8.00. The number of ether oxygens (including phenoxy) is 1. The second kappa shape index (κ2) is 9.09. The van der Waals surface area contributed by atoms with Gasteiger partial charge in [0, 0.05) is 23.1 Å². The lowest BCUT2D eigenvalue weighted by Gasteiger charge is -2.12. The smallest absolute Gasteiger partial charge is 0.406 e. The number of benzene rings is 3. The Morgan fingerprint density at radius 2 is 1.91 bits per heavy atom. The first kappa shape index (κ1) is 22.4. The van der Waals surface area contributed by atoms with Gasteiger partial charge in [0.15, 0.2) is 0 Å². The van der Waals surface area contributed by atoms with E-state index in [0.717, 1.165) is 38.8 Å². The van der Waals surface area contributed by atoms with Gasteiger partial charge < -0.3 is 10.5 Å². The second-order valence-corrected chi connectivity index (χ2v) is 8.00. The van der Waals surface area contributed by atoms with E-state index in [0.29, 0.717) is 5.71 Å². The van der Waals surface area contributed by atoms with Crippen molar-refractivity contribution in [1.29, 1.82) is 0 Å². The minimum Gasteiger partial charge on any atom is -0.406 e. The van der Waals surface area contributed by atoms with Crippen LogP contribution in [0.5, 0.6) is 5.75 Å². The Balaban J connectivity index is 1.40. The highest BCUT2D eigenvalue weighted by molar-refractivity contribution is 6.09. The molecule has 0 saturated carbocycles. The predicted molar refractivity (Wildman–Crippen MR) is 129 cm³/mol. The third-order valence-corrected chi connectivity index (χ3v) is 5.69. The van der Waals surface area contributed by atoms with Crippen LogP contribution < -0.4 is 10.5 Å². The van der Waals surface area contributed by atoms with Gasteiger partial charge in [0.1, 0.15) is 5.75 Å². The molecular weight excluding hydrogens is 455 g/mol. The van der Waals surface area contributed by atoms with Gasteiger partial charge >= 0.3 is 6.36 Å². The van der Waals surface area contributed by atoms with E-state index in [2.05, 4.69) is 37.1 Å². The van der Waals surface area contributed by atoms with Crippen LogP contribution in [0.25, 0.3) is 10.9 Å². The molecule has 0 radical (unpaired) electrons. The molecule has 0 spiro atoms. The van der Waals surface area contributed by atoms with E-state index < -0.39 is 6.36 Å². The molecule has 35 heavy (non-hydrogen) atoms. The number of nitrogens with zero attached hydrogens (tertiary/aromatic N) is 3. The largest absolute Gasteiger partial charge is 0.573 e. The topological polar surface area (TPSA) is 88.6 Å². The molecule has 2 heterocycles. The third-order valence-electron chi connectivity index (χ3n) is 5.69. The van der Waals surface area contributed by atoms with Gasteiger partial charge in [0.05, 0.1) is 29.7 Å². The lowest BCUT2D eigenvalue weighted by atomic mass is 9.91.